The summed E-state index contributed by atoms with van der Waals surface area (Å²) in [5.41, 5.74) is -0.672. The monoisotopic (exact) mass is 414 g/mol. The van der Waals surface area contributed by atoms with E-state index in [1.807, 2.05) is 27.7 Å². The maximum atomic E-state index is 14.2. The predicted molar refractivity (Wildman–Crippen MR) is 118 cm³/mol. The molecule has 2 rings (SSSR count). The van der Waals surface area contributed by atoms with E-state index in [1.54, 1.807) is 24.3 Å². The minimum absolute atomic E-state index is 0.104. The molecule has 0 amide bonds. The zero-order valence-electron chi connectivity index (χ0n) is 18.3. The number of phenols is 2. The highest BCUT2D eigenvalue weighted by molar-refractivity contribution is 5.98. The van der Waals surface area contributed by atoms with Crippen molar-refractivity contribution in [1.82, 2.24) is 0 Å². The largest absolute Gasteiger partial charge is 0.508 e. The van der Waals surface area contributed by atoms with Crippen LogP contribution in [0.2, 0.25) is 0 Å². The van der Waals surface area contributed by atoms with Gasteiger partial charge in [0.15, 0.2) is 5.78 Å². The molecule has 0 spiro atoms. The summed E-state index contributed by atoms with van der Waals surface area (Å²) in [6.07, 6.45) is 0.121. The second-order valence-electron chi connectivity index (χ2n) is 8.62. The van der Waals surface area contributed by atoms with Gasteiger partial charge in [0.25, 0.3) is 0 Å². The zero-order chi connectivity index (χ0) is 22.5. The minimum atomic E-state index is -1.04. The highest BCUT2D eigenvalue weighted by Crippen LogP contribution is 2.42. The van der Waals surface area contributed by atoms with Gasteiger partial charge in [0.2, 0.25) is 0 Å². The number of aliphatic hydroxyl groups is 2. The molecule has 0 heterocycles. The molecule has 5 nitrogen and oxygen atoms in total. The first-order valence-corrected chi connectivity index (χ1v) is 10.6. The Labute approximate surface area is 179 Å². The maximum Gasteiger partial charge on any atom is 0.153 e. The van der Waals surface area contributed by atoms with Crippen molar-refractivity contribution in [2.24, 2.45) is 0 Å². The number of phenolic OH excluding ortho intramolecular Hbond substituents is 2. The summed E-state index contributed by atoms with van der Waals surface area (Å²) < 4.78 is 0. The Morgan fingerprint density at radius 3 is 1.30 bits per heavy atom. The Hall–Kier alpha value is -2.37. The first kappa shape index (κ1) is 23.9. The number of benzene rings is 2. The average Bonchev–Trinajstić information content (AvgIpc) is 2.73. The average molecular weight is 415 g/mol. The molecular weight excluding hydrogens is 380 g/mol. The van der Waals surface area contributed by atoms with Crippen LogP contribution in [-0.4, -0.2) is 38.4 Å². The molecule has 0 aromatic heterocycles. The summed E-state index contributed by atoms with van der Waals surface area (Å²) >= 11 is 0. The van der Waals surface area contributed by atoms with Gasteiger partial charge in [-0.2, -0.15) is 0 Å². The topological polar surface area (TPSA) is 98.0 Å². The van der Waals surface area contributed by atoms with E-state index in [2.05, 4.69) is 0 Å². The number of aliphatic hydroxyl groups excluding tert-OH is 2. The number of carbonyl (C=O) groups is 1. The number of carbonyl (C=O) groups excluding carboxylic acids is 1. The molecule has 0 bridgehead atoms. The minimum Gasteiger partial charge on any atom is -0.508 e. The van der Waals surface area contributed by atoms with Gasteiger partial charge in [-0.1, -0.05) is 38.1 Å². The molecule has 30 heavy (non-hydrogen) atoms. The van der Waals surface area contributed by atoms with Gasteiger partial charge < -0.3 is 20.4 Å². The summed E-state index contributed by atoms with van der Waals surface area (Å²) in [4.78, 5) is 14.2. The van der Waals surface area contributed by atoms with E-state index in [-0.39, 0.29) is 30.1 Å². The molecule has 5 heteroatoms. The van der Waals surface area contributed by atoms with E-state index in [0.29, 0.717) is 24.0 Å². The Morgan fingerprint density at radius 2 is 1.03 bits per heavy atom. The van der Waals surface area contributed by atoms with Crippen molar-refractivity contribution >= 4 is 5.78 Å². The molecule has 4 atom stereocenters. The van der Waals surface area contributed by atoms with Crippen LogP contribution in [0.4, 0.5) is 0 Å². The molecule has 0 aliphatic carbocycles. The van der Waals surface area contributed by atoms with Crippen LogP contribution < -0.4 is 0 Å². The number of Topliss-reactive ketones (excluding diaryl/α,β-unsaturated/α-hetero) is 1. The lowest BCUT2D eigenvalue weighted by molar-refractivity contribution is -0.132. The lowest BCUT2D eigenvalue weighted by Gasteiger charge is -2.41. The van der Waals surface area contributed by atoms with Crippen LogP contribution in [0.25, 0.3) is 0 Å². The number of ketones is 1. The molecular formula is C25H34O5. The second-order valence-corrected chi connectivity index (χ2v) is 8.62. The number of rotatable bonds is 10. The number of hydrogen-bond donors (Lipinski definition) is 4. The van der Waals surface area contributed by atoms with Crippen molar-refractivity contribution in [3.63, 3.8) is 0 Å². The standard InChI is InChI=1S/C25H34O5/c1-5-19(26)15-24(3,17-7-11-21(28)12-8-17)23(30)25(4,16-20(27)6-2)18-9-13-22(29)14-10-18/h7-14,19-20,26-29H,5-6,15-16H2,1-4H3. The van der Waals surface area contributed by atoms with E-state index < -0.39 is 23.0 Å². The van der Waals surface area contributed by atoms with Crippen molar-refractivity contribution in [3.8, 4) is 11.5 Å². The summed E-state index contributed by atoms with van der Waals surface area (Å²) in [6, 6.07) is 13.0. The van der Waals surface area contributed by atoms with Gasteiger partial charge in [0.05, 0.1) is 23.0 Å². The summed E-state index contributed by atoms with van der Waals surface area (Å²) in [6.45, 7) is 7.37. The van der Waals surface area contributed by atoms with Gasteiger partial charge >= 0.3 is 0 Å². The SMILES string of the molecule is CCC(O)CC(C)(C(=O)C(C)(CC(O)CC)c1ccc(O)cc1)c1ccc(O)cc1. The molecule has 0 saturated carbocycles. The molecule has 2 aromatic carbocycles. The van der Waals surface area contributed by atoms with E-state index in [9.17, 15) is 25.2 Å². The highest BCUT2D eigenvalue weighted by Gasteiger charge is 2.48. The van der Waals surface area contributed by atoms with E-state index in [4.69, 9.17) is 0 Å². The molecule has 0 fully saturated rings. The summed E-state index contributed by atoms with van der Waals surface area (Å²) in [5.74, 6) is 0.0889. The van der Waals surface area contributed by atoms with E-state index in [0.717, 1.165) is 0 Å². The van der Waals surface area contributed by atoms with Crippen molar-refractivity contribution in [1.29, 1.82) is 0 Å². The van der Waals surface area contributed by atoms with E-state index >= 15 is 0 Å². The quantitative estimate of drug-likeness (QED) is 0.467. The fourth-order valence-corrected chi connectivity index (χ4v) is 4.18. The predicted octanol–water partition coefficient (Wildman–Crippen LogP) is 4.20. The third-order valence-corrected chi connectivity index (χ3v) is 6.24. The molecule has 0 aliphatic heterocycles. The molecule has 0 aliphatic rings. The van der Waals surface area contributed by atoms with Gasteiger partial charge in [-0.3, -0.25) is 4.79 Å². The van der Waals surface area contributed by atoms with Crippen molar-refractivity contribution < 1.29 is 25.2 Å². The number of hydrogen-bond acceptors (Lipinski definition) is 5. The lowest BCUT2D eigenvalue weighted by Crippen LogP contribution is -2.49. The fraction of sp³-hybridized carbons (Fsp3) is 0.480. The van der Waals surface area contributed by atoms with Crippen molar-refractivity contribution in [2.45, 2.75) is 76.4 Å². The van der Waals surface area contributed by atoms with Crippen LogP contribution in [0.5, 0.6) is 11.5 Å². The molecule has 0 saturated heterocycles. The maximum absolute atomic E-state index is 14.2. The van der Waals surface area contributed by atoms with Crippen molar-refractivity contribution in [3.05, 3.63) is 59.7 Å². The van der Waals surface area contributed by atoms with Crippen LogP contribution >= 0.6 is 0 Å². The smallest absolute Gasteiger partial charge is 0.153 e. The fourth-order valence-electron chi connectivity index (χ4n) is 4.18. The van der Waals surface area contributed by atoms with Gasteiger partial charge in [0.1, 0.15) is 11.5 Å². The Morgan fingerprint density at radius 1 is 0.733 bits per heavy atom. The first-order valence-electron chi connectivity index (χ1n) is 10.6. The number of aromatic hydroxyl groups is 2. The third kappa shape index (κ3) is 5.02. The van der Waals surface area contributed by atoms with Crippen LogP contribution in [0.3, 0.4) is 0 Å². The molecule has 2 aromatic rings. The van der Waals surface area contributed by atoms with Crippen LogP contribution in [0, 0.1) is 0 Å². The van der Waals surface area contributed by atoms with Gasteiger partial charge in [-0.15, -0.1) is 0 Å². The highest BCUT2D eigenvalue weighted by atomic mass is 16.3. The Balaban J connectivity index is 2.63. The van der Waals surface area contributed by atoms with Gasteiger partial charge in [-0.05, 0) is 74.9 Å². The van der Waals surface area contributed by atoms with E-state index in [1.165, 1.54) is 24.3 Å². The van der Waals surface area contributed by atoms with Crippen LogP contribution in [0.1, 0.15) is 64.5 Å². The lowest BCUT2D eigenvalue weighted by atomic mass is 9.61. The Bertz CT molecular complexity index is 760. The Kier molecular flexibility index (Phi) is 7.67. The van der Waals surface area contributed by atoms with Crippen LogP contribution in [-0.2, 0) is 15.6 Å². The normalized spacial score (nSPS) is 17.5. The van der Waals surface area contributed by atoms with Gasteiger partial charge in [0, 0.05) is 0 Å². The summed E-state index contributed by atoms with van der Waals surface area (Å²) in [5, 5.41) is 40.4. The van der Waals surface area contributed by atoms with Crippen molar-refractivity contribution in [2.75, 3.05) is 0 Å². The molecule has 0 radical (unpaired) electrons. The first-order chi connectivity index (χ1) is 14.1. The zero-order valence-corrected chi connectivity index (χ0v) is 18.3. The van der Waals surface area contributed by atoms with Crippen LogP contribution in [0.15, 0.2) is 48.5 Å². The summed E-state index contributed by atoms with van der Waals surface area (Å²) in [7, 11) is 0. The molecule has 4 N–H and O–H groups in total. The third-order valence-electron chi connectivity index (χ3n) is 6.24. The molecule has 164 valence electrons. The molecule has 4 unspecified atom stereocenters. The second kappa shape index (κ2) is 9.63. The van der Waals surface area contributed by atoms with Gasteiger partial charge in [-0.25, -0.2) is 0 Å².